The van der Waals surface area contributed by atoms with Crippen molar-refractivity contribution in [3.05, 3.63) is 35.9 Å². The van der Waals surface area contributed by atoms with Crippen molar-refractivity contribution < 1.29 is 13.2 Å². The summed E-state index contributed by atoms with van der Waals surface area (Å²) in [7, 11) is -3.24. The van der Waals surface area contributed by atoms with Crippen LogP contribution in [0.1, 0.15) is 31.2 Å². The minimum absolute atomic E-state index is 0.0814. The smallest absolute Gasteiger partial charge is 0.227 e. The quantitative estimate of drug-likeness (QED) is 0.834. The maximum Gasteiger partial charge on any atom is 0.227 e. The molecule has 2 saturated heterocycles. The Morgan fingerprint density at radius 2 is 1.92 bits per heavy atom. The van der Waals surface area contributed by atoms with Crippen LogP contribution in [0, 0.1) is 11.8 Å². The number of hydrogen-bond donors (Lipinski definition) is 1. The first-order valence-corrected chi connectivity index (χ1v) is 11.1. The van der Waals surface area contributed by atoms with Gasteiger partial charge in [0.1, 0.15) is 0 Å². The monoisotopic (exact) mass is 379 g/mol. The number of likely N-dealkylation sites (tertiary alicyclic amines) is 1. The first-order valence-electron chi connectivity index (χ1n) is 9.48. The fourth-order valence-electron chi connectivity index (χ4n) is 4.21. The van der Waals surface area contributed by atoms with E-state index in [2.05, 4.69) is 12.1 Å². The summed E-state index contributed by atoms with van der Waals surface area (Å²) in [6, 6.07) is 10.2. The van der Waals surface area contributed by atoms with Gasteiger partial charge in [-0.1, -0.05) is 30.3 Å². The van der Waals surface area contributed by atoms with Gasteiger partial charge in [-0.2, -0.15) is 0 Å². The summed E-state index contributed by atoms with van der Waals surface area (Å²) < 4.78 is 25.8. The normalized spacial score (nSPS) is 27.6. The minimum Gasteiger partial charge on any atom is -0.341 e. The number of rotatable bonds is 5. The molecule has 0 spiro atoms. The van der Waals surface area contributed by atoms with E-state index < -0.39 is 10.0 Å². The largest absolute Gasteiger partial charge is 0.341 e. The molecule has 0 bridgehead atoms. The van der Waals surface area contributed by atoms with Crippen molar-refractivity contribution in [1.82, 2.24) is 9.21 Å². The Labute approximate surface area is 156 Å². The molecule has 1 amide bonds. The first kappa shape index (κ1) is 19.3. The lowest BCUT2D eigenvalue weighted by Gasteiger charge is -2.33. The highest BCUT2D eigenvalue weighted by Crippen LogP contribution is 2.33. The predicted molar refractivity (Wildman–Crippen MR) is 102 cm³/mol. The molecule has 2 aliphatic heterocycles. The lowest BCUT2D eigenvalue weighted by Crippen LogP contribution is -2.46. The summed E-state index contributed by atoms with van der Waals surface area (Å²) in [5.74, 6) is 0.434. The Morgan fingerprint density at radius 1 is 1.19 bits per heavy atom. The van der Waals surface area contributed by atoms with Crippen LogP contribution in [0.3, 0.4) is 0 Å². The van der Waals surface area contributed by atoms with E-state index in [4.69, 9.17) is 5.73 Å². The molecule has 1 aromatic carbocycles. The molecule has 3 rings (SSSR count). The number of nitrogens with zero attached hydrogens (tertiary/aromatic N) is 2. The van der Waals surface area contributed by atoms with Gasteiger partial charge in [0, 0.05) is 32.1 Å². The maximum absolute atomic E-state index is 13.1. The number of sulfonamides is 1. The molecule has 1 aromatic rings. The molecule has 6 nitrogen and oxygen atoms in total. The van der Waals surface area contributed by atoms with Crippen LogP contribution in [0.15, 0.2) is 30.3 Å². The molecule has 0 radical (unpaired) electrons. The van der Waals surface area contributed by atoms with E-state index in [1.165, 1.54) is 9.87 Å². The Bertz CT molecular complexity index is 723. The summed E-state index contributed by atoms with van der Waals surface area (Å²) >= 11 is 0. The minimum atomic E-state index is -3.24. The Hall–Kier alpha value is -1.44. The fourth-order valence-corrected chi connectivity index (χ4v) is 5.38. The van der Waals surface area contributed by atoms with E-state index in [1.807, 2.05) is 23.1 Å². The molecule has 2 fully saturated rings. The van der Waals surface area contributed by atoms with Gasteiger partial charge in [0.15, 0.2) is 0 Å². The molecule has 7 heteroatoms. The first-order chi connectivity index (χ1) is 12.5. The van der Waals surface area contributed by atoms with Crippen LogP contribution in [-0.2, 0) is 14.8 Å². The average molecular weight is 380 g/mol. The standard InChI is InChI=1S/C19H29N3O3S/c1-2-26(24,25)22-10-6-9-16(13-22)19(23)21-12-17(11-20)18(14-21)15-7-4-3-5-8-15/h3-5,7-8,16-18H,2,6,9-14,20H2,1H3/t16?,17-,18+/m1/s1. The molecule has 1 unspecified atom stereocenters. The summed E-state index contributed by atoms with van der Waals surface area (Å²) in [5.41, 5.74) is 7.19. The van der Waals surface area contributed by atoms with Gasteiger partial charge in [-0.3, -0.25) is 4.79 Å². The fraction of sp³-hybridized carbons (Fsp3) is 0.632. The lowest BCUT2D eigenvalue weighted by atomic mass is 9.89. The molecule has 2 N–H and O–H groups in total. The van der Waals surface area contributed by atoms with Gasteiger partial charge >= 0.3 is 0 Å². The summed E-state index contributed by atoms with van der Waals surface area (Å²) in [6.45, 7) is 4.36. The van der Waals surface area contributed by atoms with Crippen LogP contribution in [0.5, 0.6) is 0 Å². The SMILES string of the molecule is CCS(=O)(=O)N1CCCC(C(=O)N2C[C@@H](CN)[C@H](c3ccccc3)C2)C1. The van der Waals surface area contributed by atoms with E-state index in [9.17, 15) is 13.2 Å². The van der Waals surface area contributed by atoms with Gasteiger partial charge in [0.2, 0.25) is 15.9 Å². The van der Waals surface area contributed by atoms with Crippen LogP contribution in [0.4, 0.5) is 0 Å². The van der Waals surface area contributed by atoms with Crippen molar-refractivity contribution in [2.24, 2.45) is 17.6 Å². The second-order valence-electron chi connectivity index (χ2n) is 7.35. The van der Waals surface area contributed by atoms with Crippen LogP contribution >= 0.6 is 0 Å². The molecule has 144 valence electrons. The van der Waals surface area contributed by atoms with Crippen LogP contribution in [0.25, 0.3) is 0 Å². The Balaban J connectivity index is 1.70. The number of benzene rings is 1. The van der Waals surface area contributed by atoms with Crippen molar-refractivity contribution in [2.75, 3.05) is 38.5 Å². The second-order valence-corrected chi connectivity index (χ2v) is 9.61. The maximum atomic E-state index is 13.1. The van der Waals surface area contributed by atoms with Gasteiger partial charge in [0.05, 0.1) is 11.7 Å². The second kappa shape index (κ2) is 8.06. The Morgan fingerprint density at radius 3 is 2.58 bits per heavy atom. The molecular weight excluding hydrogens is 350 g/mol. The molecular formula is C19H29N3O3S. The number of carbonyl (C=O) groups is 1. The predicted octanol–water partition coefficient (Wildman–Crippen LogP) is 1.25. The number of hydrogen-bond acceptors (Lipinski definition) is 4. The van der Waals surface area contributed by atoms with Crippen LogP contribution < -0.4 is 5.73 Å². The summed E-state index contributed by atoms with van der Waals surface area (Å²) in [6.07, 6.45) is 1.50. The number of piperidine rings is 1. The van der Waals surface area contributed by atoms with Crippen molar-refractivity contribution in [3.63, 3.8) is 0 Å². The molecule has 2 aliphatic rings. The molecule has 0 aliphatic carbocycles. The van der Waals surface area contributed by atoms with Crippen molar-refractivity contribution in [3.8, 4) is 0 Å². The van der Waals surface area contributed by atoms with Crippen molar-refractivity contribution in [1.29, 1.82) is 0 Å². The zero-order chi connectivity index (χ0) is 18.7. The Kier molecular flexibility index (Phi) is 5.99. The topological polar surface area (TPSA) is 83.7 Å². The van der Waals surface area contributed by atoms with Crippen LogP contribution in [0.2, 0.25) is 0 Å². The average Bonchev–Trinajstić information content (AvgIpc) is 3.12. The summed E-state index contributed by atoms with van der Waals surface area (Å²) in [4.78, 5) is 15.0. The van der Waals surface area contributed by atoms with E-state index in [0.717, 1.165) is 12.8 Å². The van der Waals surface area contributed by atoms with E-state index in [1.54, 1.807) is 6.92 Å². The molecule has 0 saturated carbocycles. The van der Waals surface area contributed by atoms with Crippen LogP contribution in [-0.4, -0.2) is 62.0 Å². The van der Waals surface area contributed by atoms with Gasteiger partial charge < -0.3 is 10.6 Å². The lowest BCUT2D eigenvalue weighted by molar-refractivity contribution is -0.135. The highest BCUT2D eigenvalue weighted by Gasteiger charge is 2.39. The van der Waals surface area contributed by atoms with Gasteiger partial charge in [-0.15, -0.1) is 0 Å². The zero-order valence-electron chi connectivity index (χ0n) is 15.4. The summed E-state index contributed by atoms with van der Waals surface area (Å²) in [5, 5.41) is 0. The van der Waals surface area contributed by atoms with E-state index >= 15 is 0 Å². The third-order valence-corrected chi connectivity index (χ3v) is 7.62. The number of nitrogens with two attached hydrogens (primary N) is 1. The van der Waals surface area contributed by atoms with Crippen molar-refractivity contribution >= 4 is 15.9 Å². The molecule has 26 heavy (non-hydrogen) atoms. The number of amides is 1. The molecule has 2 heterocycles. The number of carbonyl (C=O) groups excluding carboxylic acids is 1. The third-order valence-electron chi connectivity index (χ3n) is 5.77. The van der Waals surface area contributed by atoms with Gasteiger partial charge in [0.25, 0.3) is 0 Å². The van der Waals surface area contributed by atoms with Gasteiger partial charge in [-0.25, -0.2) is 12.7 Å². The van der Waals surface area contributed by atoms with E-state index in [0.29, 0.717) is 32.7 Å². The highest BCUT2D eigenvalue weighted by atomic mass is 32.2. The van der Waals surface area contributed by atoms with Crippen molar-refractivity contribution in [2.45, 2.75) is 25.7 Å². The molecule has 3 atom stereocenters. The molecule has 0 aromatic heterocycles. The van der Waals surface area contributed by atoms with Gasteiger partial charge in [-0.05, 0) is 37.8 Å². The third kappa shape index (κ3) is 3.94. The van der Waals surface area contributed by atoms with E-state index in [-0.39, 0.29) is 29.4 Å². The zero-order valence-corrected chi connectivity index (χ0v) is 16.2. The highest BCUT2D eigenvalue weighted by molar-refractivity contribution is 7.89.